The molecule has 0 atom stereocenters. The van der Waals surface area contributed by atoms with Gasteiger partial charge in [0.2, 0.25) is 0 Å². The number of nitrogens with zero attached hydrogens (tertiary/aromatic N) is 4. The Hall–Kier alpha value is -2.33. The Kier molecular flexibility index (Phi) is 5.55. The van der Waals surface area contributed by atoms with Gasteiger partial charge in [-0.05, 0) is 24.8 Å². The summed E-state index contributed by atoms with van der Waals surface area (Å²) >= 11 is 1.58. The zero-order valence-electron chi connectivity index (χ0n) is 12.5. The van der Waals surface area contributed by atoms with Crippen LogP contribution in [0.15, 0.2) is 29.3 Å². The van der Waals surface area contributed by atoms with Crippen LogP contribution in [-0.2, 0) is 6.54 Å². The van der Waals surface area contributed by atoms with Gasteiger partial charge in [-0.15, -0.1) is 11.8 Å². The highest BCUT2D eigenvalue weighted by molar-refractivity contribution is 7.99. The predicted molar refractivity (Wildman–Crippen MR) is 85.8 cm³/mol. The van der Waals surface area contributed by atoms with Crippen LogP contribution in [0.4, 0.5) is 5.82 Å². The second-order valence-corrected chi connectivity index (χ2v) is 5.85. The zero-order chi connectivity index (χ0) is 15.9. The number of carbonyl (C=O) groups is 1. The van der Waals surface area contributed by atoms with E-state index in [4.69, 9.17) is 5.26 Å². The maximum Gasteiger partial charge on any atom is 0.276 e. The lowest BCUT2D eigenvalue weighted by Crippen LogP contribution is -2.15. The number of carbonyl (C=O) groups excluding carboxylic acids is 1. The van der Waals surface area contributed by atoms with Crippen LogP contribution < -0.4 is 5.32 Å². The lowest BCUT2D eigenvalue weighted by atomic mass is 10.3. The molecule has 6 nitrogen and oxygen atoms in total. The van der Waals surface area contributed by atoms with Crippen molar-refractivity contribution < 1.29 is 4.79 Å². The Morgan fingerprint density at radius 3 is 3.09 bits per heavy atom. The lowest BCUT2D eigenvalue weighted by Gasteiger charge is -2.06. The first-order chi connectivity index (χ1) is 10.7. The van der Waals surface area contributed by atoms with Crippen LogP contribution in [-0.4, -0.2) is 26.4 Å². The van der Waals surface area contributed by atoms with E-state index in [1.165, 1.54) is 0 Å². The van der Waals surface area contributed by atoms with Gasteiger partial charge in [0.1, 0.15) is 5.69 Å². The maximum atomic E-state index is 12.4. The van der Waals surface area contributed by atoms with Crippen LogP contribution in [0.5, 0.6) is 0 Å². The maximum absolute atomic E-state index is 12.4. The molecule has 0 aromatic carbocycles. The molecule has 2 aromatic rings. The summed E-state index contributed by atoms with van der Waals surface area (Å²) in [6, 6.07) is 7.56. The van der Waals surface area contributed by atoms with Crippen LogP contribution in [0, 0.1) is 18.3 Å². The van der Waals surface area contributed by atoms with Gasteiger partial charge in [-0.3, -0.25) is 9.48 Å². The Bertz CT molecular complexity index is 704. The first-order valence-electron chi connectivity index (χ1n) is 6.96. The van der Waals surface area contributed by atoms with Crippen molar-refractivity contribution in [3.63, 3.8) is 0 Å². The summed E-state index contributed by atoms with van der Waals surface area (Å²) < 4.78 is 1.71. The number of aromatic nitrogens is 3. The quantitative estimate of drug-likeness (QED) is 0.829. The molecule has 0 fully saturated rings. The largest absolute Gasteiger partial charge is 0.304 e. The molecule has 0 radical (unpaired) electrons. The smallest absolute Gasteiger partial charge is 0.276 e. The molecule has 2 heterocycles. The van der Waals surface area contributed by atoms with E-state index in [0.29, 0.717) is 24.5 Å². The molecule has 2 rings (SSSR count). The second kappa shape index (κ2) is 7.61. The summed E-state index contributed by atoms with van der Waals surface area (Å²) in [4.78, 5) is 17.4. The molecule has 7 heteroatoms. The van der Waals surface area contributed by atoms with Crippen LogP contribution in [0.25, 0.3) is 0 Å². The van der Waals surface area contributed by atoms with Crippen molar-refractivity contribution in [2.24, 2.45) is 0 Å². The molecule has 0 aliphatic heterocycles. The summed E-state index contributed by atoms with van der Waals surface area (Å²) in [6.07, 6.45) is 1.98. The number of aryl methyl sites for hydroxylation is 2. The number of hydrogen-bond acceptors (Lipinski definition) is 5. The number of nitriles is 1. The van der Waals surface area contributed by atoms with E-state index in [0.717, 1.165) is 16.3 Å². The van der Waals surface area contributed by atoms with Gasteiger partial charge in [-0.2, -0.15) is 10.4 Å². The van der Waals surface area contributed by atoms with Gasteiger partial charge in [-0.1, -0.05) is 6.92 Å². The summed E-state index contributed by atoms with van der Waals surface area (Å²) in [6.45, 7) is 4.43. The van der Waals surface area contributed by atoms with E-state index in [1.54, 1.807) is 28.7 Å². The number of thioether (sulfide) groups is 1. The van der Waals surface area contributed by atoms with Gasteiger partial charge in [0.05, 0.1) is 19.0 Å². The predicted octanol–water partition coefficient (Wildman–Crippen LogP) is 2.86. The number of anilines is 1. The molecule has 0 aliphatic rings. The Labute approximate surface area is 133 Å². The molecule has 1 N–H and O–H groups in total. The van der Waals surface area contributed by atoms with Gasteiger partial charge >= 0.3 is 0 Å². The first kappa shape index (κ1) is 16.0. The second-order valence-electron chi connectivity index (χ2n) is 4.54. The molecule has 0 saturated carbocycles. The summed E-state index contributed by atoms with van der Waals surface area (Å²) in [5.41, 5.74) is 1.30. The average molecular weight is 315 g/mol. The molecule has 0 bridgehead atoms. The van der Waals surface area contributed by atoms with E-state index in [9.17, 15) is 4.79 Å². The standard InChI is InChI=1S/C15H17N5OS/c1-3-22-12-6-4-8-17-14(12)15(21)18-13-10-11(2)20(19-13)9-5-7-16/h4,6,8,10H,3,5,9H2,1-2H3,(H,18,19,21). The molecule has 0 unspecified atom stereocenters. The fourth-order valence-electron chi connectivity index (χ4n) is 1.96. The topological polar surface area (TPSA) is 83.6 Å². The summed E-state index contributed by atoms with van der Waals surface area (Å²) in [7, 11) is 0. The number of rotatable bonds is 6. The third-order valence-electron chi connectivity index (χ3n) is 2.94. The molecule has 22 heavy (non-hydrogen) atoms. The minimum absolute atomic E-state index is 0.276. The zero-order valence-corrected chi connectivity index (χ0v) is 13.4. The van der Waals surface area contributed by atoms with Crippen molar-refractivity contribution in [2.45, 2.75) is 31.7 Å². The average Bonchev–Trinajstić information content (AvgIpc) is 2.85. The fraction of sp³-hybridized carbons (Fsp3) is 0.333. The van der Waals surface area contributed by atoms with Crippen LogP contribution in [0.2, 0.25) is 0 Å². The van der Waals surface area contributed by atoms with Gasteiger partial charge in [0.15, 0.2) is 5.82 Å². The van der Waals surface area contributed by atoms with E-state index < -0.39 is 0 Å². The van der Waals surface area contributed by atoms with Gasteiger partial charge < -0.3 is 5.32 Å². The third kappa shape index (κ3) is 3.86. The van der Waals surface area contributed by atoms with Crippen molar-refractivity contribution in [3.05, 3.63) is 35.8 Å². The van der Waals surface area contributed by atoms with E-state index in [2.05, 4.69) is 21.5 Å². The number of hydrogen-bond donors (Lipinski definition) is 1. The van der Waals surface area contributed by atoms with Crippen molar-refractivity contribution in [1.29, 1.82) is 5.26 Å². The molecule has 0 aliphatic carbocycles. The monoisotopic (exact) mass is 315 g/mol. The first-order valence-corrected chi connectivity index (χ1v) is 7.94. The normalized spacial score (nSPS) is 10.2. The van der Waals surface area contributed by atoms with Crippen molar-refractivity contribution in [2.75, 3.05) is 11.1 Å². The van der Waals surface area contributed by atoms with Gasteiger partial charge in [0.25, 0.3) is 5.91 Å². The highest BCUT2D eigenvalue weighted by atomic mass is 32.2. The lowest BCUT2D eigenvalue weighted by molar-refractivity contribution is 0.101. The number of pyridine rings is 1. The molecule has 1 amide bonds. The van der Waals surface area contributed by atoms with E-state index >= 15 is 0 Å². The Balaban J connectivity index is 2.14. The third-order valence-corrected chi connectivity index (χ3v) is 3.87. The molecule has 0 spiro atoms. The molecule has 114 valence electrons. The SMILES string of the molecule is CCSc1cccnc1C(=O)Nc1cc(C)n(CCC#N)n1. The highest BCUT2D eigenvalue weighted by Crippen LogP contribution is 2.21. The summed E-state index contributed by atoms with van der Waals surface area (Å²) in [5, 5.41) is 15.7. The fourth-order valence-corrected chi connectivity index (χ4v) is 2.73. The Morgan fingerprint density at radius 2 is 2.36 bits per heavy atom. The van der Waals surface area contributed by atoms with Crippen molar-refractivity contribution >= 4 is 23.5 Å². The van der Waals surface area contributed by atoms with Crippen molar-refractivity contribution in [3.8, 4) is 6.07 Å². The van der Waals surface area contributed by atoms with E-state index in [-0.39, 0.29) is 5.91 Å². The number of amides is 1. The van der Waals surface area contributed by atoms with Gasteiger partial charge in [0, 0.05) is 22.9 Å². The van der Waals surface area contributed by atoms with Crippen LogP contribution in [0.3, 0.4) is 0 Å². The van der Waals surface area contributed by atoms with Crippen LogP contribution in [0.1, 0.15) is 29.5 Å². The Morgan fingerprint density at radius 1 is 1.55 bits per heavy atom. The molecular weight excluding hydrogens is 298 g/mol. The summed E-state index contributed by atoms with van der Waals surface area (Å²) in [5.74, 6) is 1.06. The van der Waals surface area contributed by atoms with E-state index in [1.807, 2.05) is 26.0 Å². The van der Waals surface area contributed by atoms with Gasteiger partial charge in [-0.25, -0.2) is 4.98 Å². The molecular formula is C15H17N5OS. The number of nitrogens with one attached hydrogen (secondary N) is 1. The molecule has 0 saturated heterocycles. The van der Waals surface area contributed by atoms with Crippen molar-refractivity contribution in [1.82, 2.24) is 14.8 Å². The van der Waals surface area contributed by atoms with Crippen LogP contribution >= 0.6 is 11.8 Å². The minimum Gasteiger partial charge on any atom is -0.304 e. The minimum atomic E-state index is -0.276. The molecule has 2 aromatic heterocycles. The highest BCUT2D eigenvalue weighted by Gasteiger charge is 2.15.